The Morgan fingerprint density at radius 2 is 1.67 bits per heavy atom. The zero-order chi connectivity index (χ0) is 25.7. The molecule has 1 aliphatic rings. The third kappa shape index (κ3) is 4.78. The van der Waals surface area contributed by atoms with Crippen LogP contribution >= 0.6 is 11.6 Å². The molecule has 36 heavy (non-hydrogen) atoms. The van der Waals surface area contributed by atoms with Crippen LogP contribution in [0, 0.1) is 0 Å². The molecule has 1 N–H and O–H groups in total. The Labute approximate surface area is 215 Å². The number of hydrogen-bond donors (Lipinski definition) is 1. The minimum absolute atomic E-state index is 0.0742. The fraction of sp³-hybridized carbons (Fsp3) is 0.250. The number of benzene rings is 3. The summed E-state index contributed by atoms with van der Waals surface area (Å²) in [6, 6.07) is 21.8. The van der Waals surface area contributed by atoms with Gasteiger partial charge >= 0.3 is 6.09 Å². The summed E-state index contributed by atoms with van der Waals surface area (Å²) in [7, 11) is -3.75. The molecule has 0 saturated carbocycles. The Bertz CT molecular complexity index is 1580. The van der Waals surface area contributed by atoms with Gasteiger partial charge in [0.05, 0.1) is 16.2 Å². The van der Waals surface area contributed by atoms with Gasteiger partial charge in [-0.2, -0.15) is 0 Å². The van der Waals surface area contributed by atoms with Gasteiger partial charge in [-0.1, -0.05) is 54.1 Å². The number of carbonyl (C=O) groups is 1. The van der Waals surface area contributed by atoms with Crippen LogP contribution in [-0.4, -0.2) is 30.7 Å². The van der Waals surface area contributed by atoms with Crippen molar-refractivity contribution in [3.63, 3.8) is 0 Å². The van der Waals surface area contributed by atoms with Crippen LogP contribution in [0.1, 0.15) is 31.9 Å². The summed E-state index contributed by atoms with van der Waals surface area (Å²) in [5, 5.41) is 1.13. The summed E-state index contributed by atoms with van der Waals surface area (Å²) in [6.07, 6.45) is 0.679. The van der Waals surface area contributed by atoms with Crippen molar-refractivity contribution >= 4 is 38.6 Å². The highest BCUT2D eigenvalue weighted by atomic mass is 35.5. The molecule has 0 amide bonds. The Morgan fingerprint density at radius 3 is 2.42 bits per heavy atom. The van der Waals surface area contributed by atoms with Gasteiger partial charge in [0.15, 0.2) is 0 Å². The number of sulfonamides is 1. The molecular weight excluding hydrogens is 496 g/mol. The van der Waals surface area contributed by atoms with Gasteiger partial charge in [0.2, 0.25) is 10.0 Å². The van der Waals surface area contributed by atoms with Crippen LogP contribution in [0.15, 0.2) is 77.7 Å². The number of fused-ring (bicyclic) bond motifs is 2. The molecule has 0 spiro atoms. The average molecular weight is 523 g/mol. The largest absolute Gasteiger partial charge is 0.443 e. The summed E-state index contributed by atoms with van der Waals surface area (Å²) in [5.74, 6) is 0. The lowest BCUT2D eigenvalue weighted by molar-refractivity contribution is 0.0547. The van der Waals surface area contributed by atoms with E-state index in [9.17, 15) is 13.2 Å². The fourth-order valence-corrected chi connectivity index (χ4v) is 6.43. The highest BCUT2D eigenvalue weighted by Gasteiger charge is 2.29. The highest BCUT2D eigenvalue weighted by molar-refractivity contribution is 7.89. The molecule has 1 unspecified atom stereocenters. The SMILES string of the molecule is CC(C)(C)OC(=O)n1c(-c2ccc3c(c2)CC(NS(=O)(=O)c2ccccc2Cl)C3)cc2ccccc21. The summed E-state index contributed by atoms with van der Waals surface area (Å²) in [4.78, 5) is 13.3. The Balaban J connectivity index is 1.46. The third-order valence-corrected chi connectivity index (χ3v) is 8.19. The first kappa shape index (κ1) is 24.6. The van der Waals surface area contributed by atoms with Crippen LogP contribution in [0.4, 0.5) is 4.79 Å². The van der Waals surface area contributed by atoms with Crippen molar-refractivity contribution in [3.05, 3.63) is 88.9 Å². The summed E-state index contributed by atoms with van der Waals surface area (Å²) < 4.78 is 36.0. The Hall–Kier alpha value is -3.13. The summed E-state index contributed by atoms with van der Waals surface area (Å²) >= 11 is 6.13. The van der Waals surface area contributed by atoms with Crippen molar-refractivity contribution in [2.75, 3.05) is 0 Å². The molecule has 1 aromatic heterocycles. The molecule has 6 nitrogen and oxygen atoms in total. The maximum Gasteiger partial charge on any atom is 0.419 e. The lowest BCUT2D eigenvalue weighted by Gasteiger charge is -2.21. The number of ether oxygens (including phenoxy) is 1. The molecule has 0 fully saturated rings. The molecule has 1 heterocycles. The molecule has 0 radical (unpaired) electrons. The van der Waals surface area contributed by atoms with E-state index in [0.717, 1.165) is 33.3 Å². The number of halogens is 1. The minimum atomic E-state index is -3.75. The minimum Gasteiger partial charge on any atom is -0.443 e. The lowest BCUT2D eigenvalue weighted by Crippen LogP contribution is -2.35. The summed E-state index contributed by atoms with van der Waals surface area (Å²) in [5.41, 5.74) is 3.85. The molecule has 0 bridgehead atoms. The van der Waals surface area contributed by atoms with E-state index in [4.69, 9.17) is 16.3 Å². The second-order valence-electron chi connectivity index (χ2n) is 10.0. The first-order valence-electron chi connectivity index (χ1n) is 11.7. The molecule has 0 saturated heterocycles. The van der Waals surface area contributed by atoms with Crippen LogP contribution in [0.3, 0.4) is 0 Å². The van der Waals surface area contributed by atoms with Crippen molar-refractivity contribution in [1.82, 2.24) is 9.29 Å². The van der Waals surface area contributed by atoms with Crippen LogP contribution in [0.25, 0.3) is 22.2 Å². The molecule has 0 aliphatic heterocycles. The second-order valence-corrected chi connectivity index (χ2v) is 12.1. The van der Waals surface area contributed by atoms with Crippen molar-refractivity contribution < 1.29 is 17.9 Å². The Morgan fingerprint density at radius 1 is 0.972 bits per heavy atom. The van der Waals surface area contributed by atoms with Crippen molar-refractivity contribution in [1.29, 1.82) is 0 Å². The average Bonchev–Trinajstić information content (AvgIpc) is 3.37. The highest BCUT2D eigenvalue weighted by Crippen LogP contribution is 2.33. The zero-order valence-corrected chi connectivity index (χ0v) is 21.9. The van der Waals surface area contributed by atoms with Gasteiger partial charge in [0.25, 0.3) is 0 Å². The number of aromatic nitrogens is 1. The molecule has 3 aromatic carbocycles. The molecule has 186 valence electrons. The van der Waals surface area contributed by atoms with Gasteiger partial charge in [0.1, 0.15) is 10.5 Å². The molecular formula is C28H27ClN2O4S. The summed E-state index contributed by atoms with van der Waals surface area (Å²) in [6.45, 7) is 5.53. The van der Waals surface area contributed by atoms with Gasteiger partial charge in [0, 0.05) is 11.4 Å². The van der Waals surface area contributed by atoms with E-state index >= 15 is 0 Å². The fourth-order valence-electron chi connectivity index (χ4n) is 4.68. The molecule has 8 heteroatoms. The van der Waals surface area contributed by atoms with E-state index in [-0.39, 0.29) is 16.0 Å². The van der Waals surface area contributed by atoms with Gasteiger partial charge in [-0.25, -0.2) is 22.5 Å². The monoisotopic (exact) mass is 522 g/mol. The van der Waals surface area contributed by atoms with Crippen LogP contribution in [0.5, 0.6) is 0 Å². The maximum atomic E-state index is 13.2. The van der Waals surface area contributed by atoms with E-state index in [1.54, 1.807) is 22.8 Å². The van der Waals surface area contributed by atoms with Gasteiger partial charge < -0.3 is 4.74 Å². The van der Waals surface area contributed by atoms with E-state index in [1.165, 1.54) is 6.07 Å². The number of rotatable bonds is 4. The van der Waals surface area contributed by atoms with Crippen LogP contribution < -0.4 is 4.72 Å². The lowest BCUT2D eigenvalue weighted by atomic mass is 10.0. The maximum absolute atomic E-state index is 13.2. The van der Waals surface area contributed by atoms with Gasteiger partial charge in [-0.15, -0.1) is 0 Å². The number of nitrogens with zero attached hydrogens (tertiary/aromatic N) is 1. The smallest absolute Gasteiger partial charge is 0.419 e. The molecule has 1 aliphatic carbocycles. The third-order valence-electron chi connectivity index (χ3n) is 6.17. The topological polar surface area (TPSA) is 77.4 Å². The van der Waals surface area contributed by atoms with E-state index in [0.29, 0.717) is 12.8 Å². The molecule has 1 atom stereocenters. The number of nitrogens with one attached hydrogen (secondary N) is 1. The van der Waals surface area contributed by atoms with Crippen LogP contribution in [-0.2, 0) is 27.6 Å². The van der Waals surface area contributed by atoms with E-state index < -0.39 is 21.7 Å². The van der Waals surface area contributed by atoms with Crippen molar-refractivity contribution in [3.8, 4) is 11.3 Å². The Kier molecular flexibility index (Phi) is 6.19. The number of hydrogen-bond acceptors (Lipinski definition) is 4. The number of carbonyl (C=O) groups excluding carboxylic acids is 1. The predicted octanol–water partition coefficient (Wildman–Crippen LogP) is 6.19. The van der Waals surface area contributed by atoms with Crippen molar-refractivity contribution in [2.24, 2.45) is 0 Å². The van der Waals surface area contributed by atoms with Crippen molar-refractivity contribution in [2.45, 2.75) is 50.2 Å². The quantitative estimate of drug-likeness (QED) is 0.346. The van der Waals surface area contributed by atoms with Gasteiger partial charge in [-0.05, 0) is 80.6 Å². The number of para-hydroxylation sites is 1. The second kappa shape index (κ2) is 9.07. The normalized spacial score (nSPS) is 15.7. The first-order chi connectivity index (χ1) is 17.0. The standard InChI is InChI=1S/C28H27ClN2O4S/c1-28(2,3)35-27(32)31-24-10-6-4-8-19(24)17-25(31)20-13-12-18-15-22(16-21(18)14-20)30-36(33,34)26-11-7-5-9-23(26)29/h4-14,17,22,30H,15-16H2,1-3H3. The first-order valence-corrected chi connectivity index (χ1v) is 13.6. The molecule has 4 aromatic rings. The predicted molar refractivity (Wildman–Crippen MR) is 142 cm³/mol. The van der Waals surface area contributed by atoms with E-state index in [1.807, 2.05) is 69.3 Å². The van der Waals surface area contributed by atoms with Gasteiger partial charge in [-0.3, -0.25) is 0 Å². The molecule has 5 rings (SSSR count). The van der Waals surface area contributed by atoms with Crippen LogP contribution in [0.2, 0.25) is 5.02 Å². The zero-order valence-electron chi connectivity index (χ0n) is 20.3. The van der Waals surface area contributed by atoms with E-state index in [2.05, 4.69) is 4.72 Å².